The molecule has 108 valence electrons. The Bertz CT molecular complexity index is 556. The van der Waals surface area contributed by atoms with Crippen LogP contribution in [0.4, 0.5) is 15.2 Å². The summed E-state index contributed by atoms with van der Waals surface area (Å²) in [4.78, 5) is 6.69. The fraction of sp³-hybridized carbons (Fsp3) is 0.400. The minimum atomic E-state index is -0.223. The first kappa shape index (κ1) is 14.9. The summed E-state index contributed by atoms with van der Waals surface area (Å²) in [7, 11) is 0. The summed E-state index contributed by atoms with van der Waals surface area (Å²) in [6.07, 6.45) is 0. The van der Waals surface area contributed by atoms with Gasteiger partial charge in [0.15, 0.2) is 5.13 Å². The van der Waals surface area contributed by atoms with E-state index in [1.807, 2.05) is 17.9 Å². The van der Waals surface area contributed by atoms with Crippen molar-refractivity contribution in [1.29, 1.82) is 0 Å². The molecule has 0 spiro atoms. The van der Waals surface area contributed by atoms with E-state index in [9.17, 15) is 4.39 Å². The van der Waals surface area contributed by atoms with Crippen LogP contribution in [0.5, 0.6) is 0 Å². The predicted molar refractivity (Wildman–Crippen MR) is 83.3 cm³/mol. The van der Waals surface area contributed by atoms with Gasteiger partial charge in [-0.25, -0.2) is 9.37 Å². The zero-order valence-electron chi connectivity index (χ0n) is 12.1. The molecule has 0 bridgehead atoms. The standard InChI is InChI=1S/C15H20FN3S/c1-4-17-11(3)14-10-20-15(18-14)19(5-2)13-8-6-7-12(16)9-13/h6-11,17H,4-5H2,1-3H3. The first-order valence-electron chi connectivity index (χ1n) is 6.87. The number of nitrogens with zero attached hydrogens (tertiary/aromatic N) is 2. The van der Waals surface area contributed by atoms with Gasteiger partial charge in [0, 0.05) is 23.7 Å². The van der Waals surface area contributed by atoms with Gasteiger partial charge in [-0.1, -0.05) is 13.0 Å². The molecule has 2 rings (SSSR count). The van der Waals surface area contributed by atoms with Gasteiger partial charge < -0.3 is 10.2 Å². The molecule has 20 heavy (non-hydrogen) atoms. The number of hydrogen-bond donors (Lipinski definition) is 1. The Hall–Kier alpha value is -1.46. The maximum absolute atomic E-state index is 13.4. The molecular weight excluding hydrogens is 273 g/mol. The fourth-order valence-corrected chi connectivity index (χ4v) is 3.08. The molecule has 0 saturated carbocycles. The summed E-state index contributed by atoms with van der Waals surface area (Å²) in [6, 6.07) is 6.86. The summed E-state index contributed by atoms with van der Waals surface area (Å²) in [5.74, 6) is -0.223. The number of anilines is 2. The zero-order chi connectivity index (χ0) is 14.5. The van der Waals surface area contributed by atoms with Crippen molar-refractivity contribution in [2.75, 3.05) is 18.0 Å². The molecule has 1 aromatic heterocycles. The van der Waals surface area contributed by atoms with Gasteiger partial charge in [-0.3, -0.25) is 0 Å². The largest absolute Gasteiger partial charge is 0.318 e. The molecule has 1 atom stereocenters. The number of aromatic nitrogens is 1. The van der Waals surface area contributed by atoms with E-state index in [1.165, 1.54) is 12.1 Å². The highest BCUT2D eigenvalue weighted by molar-refractivity contribution is 7.13. The van der Waals surface area contributed by atoms with E-state index in [0.717, 1.165) is 29.6 Å². The van der Waals surface area contributed by atoms with E-state index in [-0.39, 0.29) is 11.9 Å². The van der Waals surface area contributed by atoms with Crippen molar-refractivity contribution < 1.29 is 4.39 Å². The molecule has 3 nitrogen and oxygen atoms in total. The maximum Gasteiger partial charge on any atom is 0.190 e. The summed E-state index contributed by atoms with van der Waals surface area (Å²) in [5, 5.41) is 6.31. The first-order valence-corrected chi connectivity index (χ1v) is 7.75. The van der Waals surface area contributed by atoms with Crippen LogP contribution in [0.3, 0.4) is 0 Å². The van der Waals surface area contributed by atoms with E-state index in [2.05, 4.69) is 29.5 Å². The smallest absolute Gasteiger partial charge is 0.190 e. The van der Waals surface area contributed by atoms with E-state index < -0.39 is 0 Å². The molecule has 0 amide bonds. The Morgan fingerprint density at radius 1 is 1.40 bits per heavy atom. The van der Waals surface area contributed by atoms with Crippen molar-refractivity contribution in [3.05, 3.63) is 41.2 Å². The highest BCUT2D eigenvalue weighted by Crippen LogP contribution is 2.30. The number of benzene rings is 1. The van der Waals surface area contributed by atoms with Crippen LogP contribution in [0.1, 0.15) is 32.5 Å². The SMILES string of the molecule is CCNC(C)c1csc(N(CC)c2cccc(F)c2)n1. The Kier molecular flexibility index (Phi) is 5.09. The molecule has 1 N–H and O–H groups in total. The van der Waals surface area contributed by atoms with Gasteiger partial charge in [0.2, 0.25) is 0 Å². The normalized spacial score (nSPS) is 12.4. The molecule has 2 aromatic rings. The zero-order valence-corrected chi connectivity index (χ0v) is 12.9. The number of thiazole rings is 1. The number of halogens is 1. The second-order valence-electron chi connectivity index (χ2n) is 4.56. The van der Waals surface area contributed by atoms with E-state index in [0.29, 0.717) is 0 Å². The Morgan fingerprint density at radius 2 is 2.20 bits per heavy atom. The average Bonchev–Trinajstić information content (AvgIpc) is 2.90. The third kappa shape index (κ3) is 3.35. The van der Waals surface area contributed by atoms with Gasteiger partial charge in [-0.2, -0.15) is 0 Å². The Morgan fingerprint density at radius 3 is 2.85 bits per heavy atom. The van der Waals surface area contributed by atoms with Crippen LogP contribution in [-0.2, 0) is 0 Å². The van der Waals surface area contributed by atoms with E-state index >= 15 is 0 Å². The topological polar surface area (TPSA) is 28.2 Å². The van der Waals surface area contributed by atoms with Crippen LogP contribution in [-0.4, -0.2) is 18.1 Å². The Balaban J connectivity index is 2.24. The van der Waals surface area contributed by atoms with E-state index in [1.54, 1.807) is 17.4 Å². The second-order valence-corrected chi connectivity index (χ2v) is 5.39. The molecule has 0 saturated heterocycles. The monoisotopic (exact) mass is 293 g/mol. The van der Waals surface area contributed by atoms with Crippen molar-refractivity contribution in [1.82, 2.24) is 10.3 Å². The van der Waals surface area contributed by atoms with E-state index in [4.69, 9.17) is 0 Å². The van der Waals surface area contributed by atoms with Crippen LogP contribution >= 0.6 is 11.3 Å². The summed E-state index contributed by atoms with van der Waals surface area (Å²) in [5.41, 5.74) is 1.87. The van der Waals surface area contributed by atoms with Crippen LogP contribution < -0.4 is 10.2 Å². The lowest BCUT2D eigenvalue weighted by molar-refractivity contribution is 0.586. The maximum atomic E-state index is 13.4. The molecule has 1 aromatic carbocycles. The Labute approximate surface area is 123 Å². The molecule has 0 aliphatic heterocycles. The molecule has 0 fully saturated rings. The molecule has 0 aliphatic carbocycles. The van der Waals surface area contributed by atoms with Gasteiger partial charge in [-0.05, 0) is 38.6 Å². The molecular formula is C15H20FN3S. The van der Waals surface area contributed by atoms with Crippen LogP contribution in [0.15, 0.2) is 29.6 Å². The lowest BCUT2D eigenvalue weighted by Gasteiger charge is -2.20. The summed E-state index contributed by atoms with van der Waals surface area (Å²) in [6.45, 7) is 7.89. The van der Waals surface area contributed by atoms with Crippen LogP contribution in [0.2, 0.25) is 0 Å². The van der Waals surface area contributed by atoms with Crippen molar-refractivity contribution in [3.63, 3.8) is 0 Å². The number of hydrogen-bond acceptors (Lipinski definition) is 4. The lowest BCUT2D eigenvalue weighted by Crippen LogP contribution is -2.19. The van der Waals surface area contributed by atoms with Gasteiger partial charge in [0.05, 0.1) is 5.69 Å². The quantitative estimate of drug-likeness (QED) is 0.868. The third-order valence-electron chi connectivity index (χ3n) is 3.13. The second kappa shape index (κ2) is 6.81. The van der Waals surface area contributed by atoms with Gasteiger partial charge in [-0.15, -0.1) is 11.3 Å². The molecule has 5 heteroatoms. The predicted octanol–water partition coefficient (Wildman–Crippen LogP) is 4.11. The molecule has 1 unspecified atom stereocenters. The van der Waals surface area contributed by atoms with Gasteiger partial charge in [0.25, 0.3) is 0 Å². The summed E-state index contributed by atoms with van der Waals surface area (Å²) < 4.78 is 13.4. The van der Waals surface area contributed by atoms with Crippen molar-refractivity contribution >= 4 is 22.2 Å². The fourth-order valence-electron chi connectivity index (χ4n) is 2.08. The van der Waals surface area contributed by atoms with Gasteiger partial charge in [0.1, 0.15) is 5.82 Å². The average molecular weight is 293 g/mol. The minimum Gasteiger partial charge on any atom is -0.318 e. The molecule has 1 heterocycles. The first-order chi connectivity index (χ1) is 9.65. The number of nitrogens with one attached hydrogen (secondary N) is 1. The van der Waals surface area contributed by atoms with Gasteiger partial charge >= 0.3 is 0 Å². The van der Waals surface area contributed by atoms with Crippen molar-refractivity contribution in [2.45, 2.75) is 26.8 Å². The minimum absolute atomic E-state index is 0.223. The highest BCUT2D eigenvalue weighted by Gasteiger charge is 2.14. The molecule has 0 radical (unpaired) electrons. The molecule has 0 aliphatic rings. The van der Waals surface area contributed by atoms with Crippen LogP contribution in [0, 0.1) is 5.82 Å². The van der Waals surface area contributed by atoms with Crippen LogP contribution in [0.25, 0.3) is 0 Å². The summed E-state index contributed by atoms with van der Waals surface area (Å²) >= 11 is 1.59. The van der Waals surface area contributed by atoms with Crippen molar-refractivity contribution in [2.24, 2.45) is 0 Å². The van der Waals surface area contributed by atoms with Crippen molar-refractivity contribution in [3.8, 4) is 0 Å². The highest BCUT2D eigenvalue weighted by atomic mass is 32.1. The lowest BCUT2D eigenvalue weighted by atomic mass is 10.2. The third-order valence-corrected chi connectivity index (χ3v) is 4.01. The number of rotatable bonds is 6.